The van der Waals surface area contributed by atoms with Gasteiger partial charge in [0.05, 0.1) is 32.9 Å². The molecule has 28 heavy (non-hydrogen) atoms. The van der Waals surface area contributed by atoms with Crippen LogP contribution in [0.15, 0.2) is 39.2 Å². The highest BCUT2D eigenvalue weighted by atomic mass is 32.2. The molecule has 10 heteroatoms. The first-order valence-corrected chi connectivity index (χ1v) is 10.8. The maximum atomic E-state index is 13.1. The third kappa shape index (κ3) is 3.43. The third-order valence-electron chi connectivity index (χ3n) is 4.67. The summed E-state index contributed by atoms with van der Waals surface area (Å²) in [7, 11) is -3.99. The maximum Gasteiger partial charge on any atom is 0.248 e. The molecule has 3 aromatic rings. The molecule has 0 aliphatic carbocycles. The predicted molar refractivity (Wildman–Crippen MR) is 106 cm³/mol. The van der Waals surface area contributed by atoms with Crippen LogP contribution in [-0.4, -0.2) is 40.9 Å². The van der Waals surface area contributed by atoms with E-state index in [0.29, 0.717) is 11.2 Å². The number of carbonyl (C=O) groups excluding carboxylic acids is 1. The minimum absolute atomic E-state index is 0.0164. The van der Waals surface area contributed by atoms with Crippen LogP contribution in [0.25, 0.3) is 10.2 Å². The number of hydrogen-bond acceptors (Lipinski definition) is 8. The van der Waals surface area contributed by atoms with Gasteiger partial charge in [0.15, 0.2) is 9.84 Å². The molecule has 0 saturated carbocycles. The second-order valence-electron chi connectivity index (χ2n) is 7.57. The molecule has 0 fully saturated rings. The Morgan fingerprint density at radius 3 is 2.64 bits per heavy atom. The van der Waals surface area contributed by atoms with E-state index in [9.17, 15) is 18.3 Å². The Bertz CT molecular complexity index is 1130. The number of aliphatic hydroxyl groups is 1. The van der Waals surface area contributed by atoms with Gasteiger partial charge >= 0.3 is 0 Å². The lowest BCUT2D eigenvalue weighted by atomic mass is 9.91. The molecule has 1 aromatic carbocycles. The first-order chi connectivity index (χ1) is 13.0. The van der Waals surface area contributed by atoms with Crippen molar-refractivity contribution in [3.63, 3.8) is 0 Å². The molecule has 2 heterocycles. The summed E-state index contributed by atoms with van der Waals surface area (Å²) in [6, 6.07) is 6.06. The Balaban J connectivity index is 1.87. The van der Waals surface area contributed by atoms with Crippen molar-refractivity contribution >= 4 is 43.2 Å². The average molecular weight is 424 g/mol. The molecule has 2 N–H and O–H groups in total. The highest BCUT2D eigenvalue weighted by molar-refractivity contribution is 7.93. The number of nitrogens with one attached hydrogen (secondary N) is 1. The van der Waals surface area contributed by atoms with E-state index in [2.05, 4.69) is 15.5 Å². The molecule has 2 aromatic heterocycles. The molecular formula is C18H21N3O5S2. The molecule has 0 radical (unpaired) electrons. The number of nitrogens with zero attached hydrogens (tertiary/aromatic N) is 2. The predicted octanol–water partition coefficient (Wildman–Crippen LogP) is 2.75. The van der Waals surface area contributed by atoms with Gasteiger partial charge in [0.25, 0.3) is 0 Å². The van der Waals surface area contributed by atoms with Gasteiger partial charge in [-0.2, -0.15) is 0 Å². The minimum atomic E-state index is -3.99. The van der Waals surface area contributed by atoms with Gasteiger partial charge in [-0.05, 0) is 32.0 Å². The van der Waals surface area contributed by atoms with E-state index in [0.717, 1.165) is 4.70 Å². The summed E-state index contributed by atoms with van der Waals surface area (Å²) in [5.74, 6) is -0.732. The summed E-state index contributed by atoms with van der Waals surface area (Å²) in [5, 5.41) is 15.7. The van der Waals surface area contributed by atoms with Crippen LogP contribution < -0.4 is 5.32 Å². The number of anilines is 1. The standard InChI is InChI=1S/C18H21N3O5S2/c1-17(2,9-22)14-8-15(26-21-14)20-16(23)18(3,4)28(24,25)11-5-6-12-13(7-11)27-10-19-12/h5-8,10,22H,9H2,1-4H3,(H,20,23). The number of amides is 1. The van der Waals surface area contributed by atoms with E-state index in [1.54, 1.807) is 25.4 Å². The lowest BCUT2D eigenvalue weighted by molar-refractivity contribution is -0.118. The number of rotatable bonds is 6. The minimum Gasteiger partial charge on any atom is -0.395 e. The molecule has 0 aliphatic rings. The van der Waals surface area contributed by atoms with Crippen molar-refractivity contribution in [2.75, 3.05) is 11.9 Å². The van der Waals surface area contributed by atoms with Gasteiger partial charge in [-0.15, -0.1) is 11.3 Å². The number of aliphatic hydroxyl groups excluding tert-OH is 1. The molecular weight excluding hydrogens is 402 g/mol. The number of carbonyl (C=O) groups is 1. The number of sulfone groups is 1. The molecule has 0 unspecified atom stereocenters. The van der Waals surface area contributed by atoms with Gasteiger partial charge in [0, 0.05) is 11.5 Å². The fourth-order valence-corrected chi connectivity index (χ4v) is 4.61. The zero-order valence-electron chi connectivity index (χ0n) is 15.9. The van der Waals surface area contributed by atoms with Gasteiger partial charge in [-0.3, -0.25) is 10.1 Å². The summed E-state index contributed by atoms with van der Waals surface area (Å²) in [6.07, 6.45) is 0. The Morgan fingerprint density at radius 1 is 1.25 bits per heavy atom. The number of benzene rings is 1. The van der Waals surface area contributed by atoms with Crippen LogP contribution >= 0.6 is 11.3 Å². The van der Waals surface area contributed by atoms with Crippen LogP contribution in [0.4, 0.5) is 5.88 Å². The lowest BCUT2D eigenvalue weighted by Crippen LogP contribution is -2.44. The number of hydrogen-bond donors (Lipinski definition) is 2. The molecule has 8 nitrogen and oxygen atoms in total. The summed E-state index contributed by atoms with van der Waals surface area (Å²) < 4.78 is 30.3. The van der Waals surface area contributed by atoms with Gasteiger partial charge in [-0.1, -0.05) is 19.0 Å². The normalized spacial score (nSPS) is 13.0. The van der Waals surface area contributed by atoms with Crippen molar-refractivity contribution in [2.45, 2.75) is 42.8 Å². The topological polar surface area (TPSA) is 122 Å². The van der Waals surface area contributed by atoms with E-state index in [1.807, 2.05) is 0 Å². The van der Waals surface area contributed by atoms with Crippen molar-refractivity contribution < 1.29 is 22.8 Å². The van der Waals surface area contributed by atoms with Crippen LogP contribution in [0.5, 0.6) is 0 Å². The maximum absolute atomic E-state index is 13.1. The Labute approximate surface area is 166 Å². The largest absolute Gasteiger partial charge is 0.395 e. The second kappa shape index (κ2) is 6.94. The molecule has 1 amide bonds. The van der Waals surface area contributed by atoms with Crippen molar-refractivity contribution in [3.05, 3.63) is 35.5 Å². The monoisotopic (exact) mass is 423 g/mol. The highest BCUT2D eigenvalue weighted by Gasteiger charge is 2.43. The summed E-state index contributed by atoms with van der Waals surface area (Å²) in [5.41, 5.74) is 2.13. The fraction of sp³-hybridized carbons (Fsp3) is 0.389. The van der Waals surface area contributed by atoms with Crippen LogP contribution in [0.3, 0.4) is 0 Å². The molecule has 0 spiro atoms. The average Bonchev–Trinajstić information content (AvgIpc) is 3.30. The van der Waals surface area contributed by atoms with E-state index in [-0.39, 0.29) is 17.4 Å². The van der Waals surface area contributed by atoms with Crippen LogP contribution in [0.2, 0.25) is 0 Å². The van der Waals surface area contributed by atoms with Crippen molar-refractivity contribution in [2.24, 2.45) is 0 Å². The number of fused-ring (bicyclic) bond motifs is 1. The van der Waals surface area contributed by atoms with Crippen LogP contribution in [0.1, 0.15) is 33.4 Å². The van der Waals surface area contributed by atoms with Gasteiger partial charge < -0.3 is 9.63 Å². The zero-order chi connectivity index (χ0) is 20.7. The van der Waals surface area contributed by atoms with Crippen LogP contribution in [-0.2, 0) is 20.0 Å². The number of aromatic nitrogens is 2. The molecule has 0 aliphatic heterocycles. The lowest BCUT2D eigenvalue weighted by Gasteiger charge is -2.23. The second-order valence-corrected chi connectivity index (χ2v) is 11.0. The van der Waals surface area contributed by atoms with E-state index >= 15 is 0 Å². The van der Waals surface area contributed by atoms with Crippen molar-refractivity contribution in [1.29, 1.82) is 0 Å². The van der Waals surface area contributed by atoms with Gasteiger partial charge in [0.2, 0.25) is 11.8 Å². The molecule has 0 atom stereocenters. The van der Waals surface area contributed by atoms with E-state index in [4.69, 9.17) is 4.52 Å². The van der Waals surface area contributed by atoms with Crippen molar-refractivity contribution in [3.8, 4) is 0 Å². The molecule has 0 saturated heterocycles. The molecule has 150 valence electrons. The quantitative estimate of drug-likeness (QED) is 0.625. The SMILES string of the molecule is CC(C)(CO)c1cc(NC(=O)C(C)(C)S(=O)(=O)c2ccc3ncsc3c2)on1. The molecule has 0 bridgehead atoms. The fourth-order valence-electron chi connectivity index (χ4n) is 2.42. The first-order valence-electron chi connectivity index (χ1n) is 8.46. The summed E-state index contributed by atoms with van der Waals surface area (Å²) >= 11 is 1.33. The highest BCUT2D eigenvalue weighted by Crippen LogP contribution is 2.31. The van der Waals surface area contributed by atoms with E-state index in [1.165, 1.54) is 43.4 Å². The van der Waals surface area contributed by atoms with E-state index < -0.39 is 25.9 Å². The Hall–Kier alpha value is -2.30. The van der Waals surface area contributed by atoms with Crippen molar-refractivity contribution in [1.82, 2.24) is 10.1 Å². The zero-order valence-corrected chi connectivity index (χ0v) is 17.5. The Morgan fingerprint density at radius 2 is 1.96 bits per heavy atom. The molecule has 3 rings (SSSR count). The first kappa shape index (κ1) is 20.4. The van der Waals surface area contributed by atoms with Gasteiger partial charge in [0.1, 0.15) is 4.75 Å². The van der Waals surface area contributed by atoms with Gasteiger partial charge in [-0.25, -0.2) is 13.4 Å². The Kier molecular flexibility index (Phi) is 5.07. The number of thiazole rings is 1. The third-order valence-corrected chi connectivity index (χ3v) is 7.86. The van der Waals surface area contributed by atoms with Crippen LogP contribution in [0, 0.1) is 0 Å². The summed E-state index contributed by atoms with van der Waals surface area (Å²) in [6.45, 7) is 6.04. The summed E-state index contributed by atoms with van der Waals surface area (Å²) in [4.78, 5) is 16.9. The smallest absolute Gasteiger partial charge is 0.248 e.